The van der Waals surface area contributed by atoms with Crippen LogP contribution in [-0.2, 0) is 9.53 Å². The lowest BCUT2D eigenvalue weighted by atomic mass is 9.92. The Kier molecular flexibility index (Phi) is 2.83. The van der Waals surface area contributed by atoms with E-state index in [2.05, 4.69) is 6.58 Å². The smallest absolute Gasteiger partial charge is 0.161 e. The van der Waals surface area contributed by atoms with Crippen LogP contribution in [0.2, 0.25) is 0 Å². The molecule has 2 heteroatoms. The van der Waals surface area contributed by atoms with Crippen molar-refractivity contribution >= 4 is 5.78 Å². The lowest BCUT2D eigenvalue weighted by molar-refractivity contribution is -0.121. The third-order valence-corrected chi connectivity index (χ3v) is 2.01. The first-order valence-electron chi connectivity index (χ1n) is 3.99. The Hall–Kier alpha value is -0.630. The highest BCUT2D eigenvalue weighted by molar-refractivity contribution is 5.96. The molecule has 0 spiro atoms. The first-order chi connectivity index (χ1) is 5.22. The van der Waals surface area contributed by atoms with Gasteiger partial charge in [-0.25, -0.2) is 0 Å². The molecular formula is C9H14O2. The molecule has 0 unspecified atom stereocenters. The lowest BCUT2D eigenvalue weighted by Gasteiger charge is -2.20. The van der Waals surface area contributed by atoms with E-state index < -0.39 is 0 Å². The number of carbonyl (C=O) groups is 1. The Morgan fingerprint density at radius 3 is 2.45 bits per heavy atom. The average Bonchev–Trinajstić information content (AvgIpc) is 2.05. The second-order valence-electron chi connectivity index (χ2n) is 3.03. The number of ketones is 1. The minimum Gasteiger partial charge on any atom is -0.381 e. The Bertz CT molecular complexity index is 166. The van der Waals surface area contributed by atoms with E-state index >= 15 is 0 Å². The predicted octanol–water partition coefficient (Wildman–Crippen LogP) is 1.56. The Labute approximate surface area is 67.2 Å². The number of hydrogen-bond acceptors (Lipinski definition) is 2. The van der Waals surface area contributed by atoms with Crippen LogP contribution in [0.4, 0.5) is 0 Å². The summed E-state index contributed by atoms with van der Waals surface area (Å²) in [6.45, 7) is 6.87. The normalized spacial score (nSPS) is 19.7. The number of ether oxygens (including phenoxy) is 1. The molecule has 62 valence electrons. The molecule has 0 saturated carbocycles. The summed E-state index contributed by atoms with van der Waals surface area (Å²) in [6, 6.07) is 0. The summed E-state index contributed by atoms with van der Waals surface area (Å²) in [5.41, 5.74) is 0.678. The van der Waals surface area contributed by atoms with Crippen LogP contribution in [0.5, 0.6) is 0 Å². The summed E-state index contributed by atoms with van der Waals surface area (Å²) in [5, 5.41) is 0. The molecule has 2 nitrogen and oxygen atoms in total. The van der Waals surface area contributed by atoms with Gasteiger partial charge in [0.2, 0.25) is 0 Å². The molecule has 0 aliphatic carbocycles. The summed E-state index contributed by atoms with van der Waals surface area (Å²) in [5.74, 6) is 0.398. The molecule has 1 aliphatic rings. The van der Waals surface area contributed by atoms with E-state index in [1.54, 1.807) is 6.92 Å². The molecule has 1 saturated heterocycles. The Balaban J connectivity index is 2.45. The molecule has 1 aliphatic heterocycles. The van der Waals surface area contributed by atoms with Gasteiger partial charge in [-0.15, -0.1) is 0 Å². The quantitative estimate of drug-likeness (QED) is 0.564. The van der Waals surface area contributed by atoms with Gasteiger partial charge in [0.05, 0.1) is 0 Å². The molecule has 11 heavy (non-hydrogen) atoms. The maximum absolute atomic E-state index is 11.3. The molecule has 0 aromatic carbocycles. The molecule has 0 aromatic heterocycles. The van der Waals surface area contributed by atoms with Gasteiger partial charge in [0, 0.05) is 19.1 Å². The van der Waals surface area contributed by atoms with Crippen LogP contribution in [0, 0.1) is 5.92 Å². The molecule has 1 heterocycles. The maximum atomic E-state index is 11.3. The molecule has 0 radical (unpaired) electrons. The zero-order valence-electron chi connectivity index (χ0n) is 6.93. The summed E-state index contributed by atoms with van der Waals surface area (Å²) >= 11 is 0. The van der Waals surface area contributed by atoms with Crippen molar-refractivity contribution in [2.75, 3.05) is 13.2 Å². The van der Waals surface area contributed by atoms with Crippen molar-refractivity contribution in [2.45, 2.75) is 19.8 Å². The number of allylic oxidation sites excluding steroid dienone is 1. The fraction of sp³-hybridized carbons (Fsp3) is 0.667. The molecule has 0 aromatic rings. The van der Waals surface area contributed by atoms with E-state index in [9.17, 15) is 4.79 Å². The lowest BCUT2D eigenvalue weighted by Crippen LogP contribution is -2.23. The molecule has 1 fully saturated rings. The second kappa shape index (κ2) is 3.67. The molecule has 0 N–H and O–H groups in total. The monoisotopic (exact) mass is 154 g/mol. The molecule has 0 bridgehead atoms. The predicted molar refractivity (Wildman–Crippen MR) is 43.4 cm³/mol. The SMILES string of the molecule is C=C(C)C(=O)C1CCOCC1. The van der Waals surface area contributed by atoms with Crippen molar-refractivity contribution in [2.24, 2.45) is 5.92 Å². The highest BCUT2D eigenvalue weighted by Crippen LogP contribution is 2.18. The topological polar surface area (TPSA) is 26.3 Å². The highest BCUT2D eigenvalue weighted by atomic mass is 16.5. The van der Waals surface area contributed by atoms with Crippen LogP contribution >= 0.6 is 0 Å². The van der Waals surface area contributed by atoms with Gasteiger partial charge in [-0.1, -0.05) is 6.58 Å². The number of carbonyl (C=O) groups excluding carboxylic acids is 1. The van der Waals surface area contributed by atoms with Crippen molar-refractivity contribution in [3.05, 3.63) is 12.2 Å². The van der Waals surface area contributed by atoms with Crippen molar-refractivity contribution < 1.29 is 9.53 Å². The van der Waals surface area contributed by atoms with Gasteiger partial charge in [-0.2, -0.15) is 0 Å². The van der Waals surface area contributed by atoms with Crippen molar-refractivity contribution in [1.29, 1.82) is 0 Å². The number of Topliss-reactive ketones (excluding diaryl/α,β-unsaturated/α-hetero) is 1. The van der Waals surface area contributed by atoms with Gasteiger partial charge in [-0.3, -0.25) is 4.79 Å². The van der Waals surface area contributed by atoms with E-state index in [-0.39, 0.29) is 11.7 Å². The van der Waals surface area contributed by atoms with Crippen molar-refractivity contribution in [3.63, 3.8) is 0 Å². The zero-order valence-corrected chi connectivity index (χ0v) is 6.93. The van der Waals surface area contributed by atoms with Gasteiger partial charge >= 0.3 is 0 Å². The average molecular weight is 154 g/mol. The minimum absolute atomic E-state index is 0.182. The van der Waals surface area contributed by atoms with E-state index in [4.69, 9.17) is 4.74 Å². The van der Waals surface area contributed by atoms with Crippen LogP contribution in [-0.4, -0.2) is 19.0 Å². The first-order valence-corrected chi connectivity index (χ1v) is 3.99. The fourth-order valence-electron chi connectivity index (χ4n) is 1.31. The van der Waals surface area contributed by atoms with E-state index in [0.717, 1.165) is 26.1 Å². The number of rotatable bonds is 2. The molecule has 0 amide bonds. The van der Waals surface area contributed by atoms with E-state index in [0.29, 0.717) is 5.57 Å². The summed E-state index contributed by atoms with van der Waals surface area (Å²) in [4.78, 5) is 11.3. The third kappa shape index (κ3) is 2.15. The second-order valence-corrected chi connectivity index (χ2v) is 3.03. The summed E-state index contributed by atoms with van der Waals surface area (Å²) in [7, 11) is 0. The number of hydrogen-bond donors (Lipinski definition) is 0. The van der Waals surface area contributed by atoms with Crippen LogP contribution in [0.3, 0.4) is 0 Å². The maximum Gasteiger partial charge on any atom is 0.161 e. The summed E-state index contributed by atoms with van der Waals surface area (Å²) < 4.78 is 5.15. The van der Waals surface area contributed by atoms with Crippen LogP contribution in [0.25, 0.3) is 0 Å². The van der Waals surface area contributed by atoms with Crippen LogP contribution < -0.4 is 0 Å². The van der Waals surface area contributed by atoms with Crippen molar-refractivity contribution in [1.82, 2.24) is 0 Å². The third-order valence-electron chi connectivity index (χ3n) is 2.01. The Morgan fingerprint density at radius 1 is 1.45 bits per heavy atom. The highest BCUT2D eigenvalue weighted by Gasteiger charge is 2.21. The van der Waals surface area contributed by atoms with E-state index in [1.807, 2.05) is 0 Å². The van der Waals surface area contributed by atoms with Gasteiger partial charge in [-0.05, 0) is 25.3 Å². The summed E-state index contributed by atoms with van der Waals surface area (Å²) in [6.07, 6.45) is 1.73. The molecule has 1 rings (SSSR count). The van der Waals surface area contributed by atoms with Gasteiger partial charge in [0.15, 0.2) is 5.78 Å². The van der Waals surface area contributed by atoms with Crippen LogP contribution in [0.15, 0.2) is 12.2 Å². The zero-order chi connectivity index (χ0) is 8.27. The first kappa shape index (κ1) is 8.47. The molecule has 0 atom stereocenters. The van der Waals surface area contributed by atoms with Gasteiger partial charge in [0.25, 0.3) is 0 Å². The molecular weight excluding hydrogens is 140 g/mol. The van der Waals surface area contributed by atoms with Crippen molar-refractivity contribution in [3.8, 4) is 0 Å². The van der Waals surface area contributed by atoms with Gasteiger partial charge < -0.3 is 4.74 Å². The minimum atomic E-state index is 0.182. The fourth-order valence-corrected chi connectivity index (χ4v) is 1.31. The largest absolute Gasteiger partial charge is 0.381 e. The standard InChI is InChI=1S/C9H14O2/c1-7(2)9(10)8-3-5-11-6-4-8/h8H,1,3-6H2,2H3. The Morgan fingerprint density at radius 2 is 2.00 bits per heavy atom. The van der Waals surface area contributed by atoms with E-state index in [1.165, 1.54) is 0 Å². The van der Waals surface area contributed by atoms with Gasteiger partial charge in [0.1, 0.15) is 0 Å². The van der Waals surface area contributed by atoms with Crippen LogP contribution in [0.1, 0.15) is 19.8 Å².